The summed E-state index contributed by atoms with van der Waals surface area (Å²) in [6, 6.07) is 2.59. The summed E-state index contributed by atoms with van der Waals surface area (Å²) < 4.78 is 3.10. The molecular weight excluding hydrogens is 294 g/mol. The lowest BCUT2D eigenvalue weighted by Crippen LogP contribution is -2.46. The van der Waals surface area contributed by atoms with E-state index in [9.17, 15) is 4.79 Å². The van der Waals surface area contributed by atoms with Crippen LogP contribution in [0.25, 0.3) is 0 Å². The maximum Gasteiger partial charge on any atom is 0.270 e. The average molecular weight is 312 g/mol. The molecule has 1 unspecified atom stereocenters. The van der Waals surface area contributed by atoms with Gasteiger partial charge < -0.3 is 15.2 Å². The summed E-state index contributed by atoms with van der Waals surface area (Å²) >= 11 is 3.47. The highest BCUT2D eigenvalue weighted by Crippen LogP contribution is 2.37. The van der Waals surface area contributed by atoms with Gasteiger partial charge in [-0.15, -0.1) is 0 Å². The van der Waals surface area contributed by atoms with Crippen LogP contribution in [0.3, 0.4) is 0 Å². The Bertz CT molecular complexity index is 467. The molecule has 2 fully saturated rings. The number of likely N-dealkylation sites (tertiary alicyclic amines) is 1. The van der Waals surface area contributed by atoms with E-state index < -0.39 is 0 Å². The summed E-state index contributed by atoms with van der Waals surface area (Å²) in [4.78, 5) is 14.4. The van der Waals surface area contributed by atoms with Crippen LogP contribution in [0.4, 0.5) is 0 Å². The second-order valence-electron chi connectivity index (χ2n) is 5.34. The standard InChI is InChI=1S/C13H18BrN3O/c14-9-6-12(17(7-9)11-3-4-11)13(18)16-5-1-2-10(15)8-16/h6-7,10-11H,1-5,8,15H2. The number of carbonyl (C=O) groups is 1. The van der Waals surface area contributed by atoms with Gasteiger partial charge in [0.15, 0.2) is 0 Å². The summed E-state index contributed by atoms with van der Waals surface area (Å²) in [6.07, 6.45) is 6.42. The molecule has 0 radical (unpaired) electrons. The smallest absolute Gasteiger partial charge is 0.270 e. The number of hydrogen-bond donors (Lipinski definition) is 1. The normalized spacial score (nSPS) is 24.3. The Morgan fingerprint density at radius 2 is 2.17 bits per heavy atom. The van der Waals surface area contributed by atoms with Crippen molar-refractivity contribution in [3.05, 3.63) is 22.4 Å². The predicted molar refractivity (Wildman–Crippen MR) is 73.5 cm³/mol. The number of aromatic nitrogens is 1. The Labute approximate surface area is 115 Å². The summed E-state index contributed by atoms with van der Waals surface area (Å²) in [5.41, 5.74) is 6.75. The van der Waals surface area contributed by atoms with Crippen molar-refractivity contribution in [2.75, 3.05) is 13.1 Å². The van der Waals surface area contributed by atoms with Crippen LogP contribution < -0.4 is 5.73 Å². The molecule has 3 rings (SSSR count). The first kappa shape index (κ1) is 12.2. The SMILES string of the molecule is NC1CCCN(C(=O)c2cc(Br)cn2C2CC2)C1. The number of rotatable bonds is 2. The number of amides is 1. The molecule has 0 aromatic carbocycles. The van der Waals surface area contributed by atoms with Crippen molar-refractivity contribution in [3.63, 3.8) is 0 Å². The first-order valence-electron chi connectivity index (χ1n) is 6.57. The molecule has 4 nitrogen and oxygen atoms in total. The fourth-order valence-corrected chi connectivity index (χ4v) is 3.07. The lowest BCUT2D eigenvalue weighted by Gasteiger charge is -2.31. The first-order chi connectivity index (χ1) is 8.65. The van der Waals surface area contributed by atoms with Crippen LogP contribution in [-0.4, -0.2) is 34.5 Å². The number of nitrogens with two attached hydrogens (primary N) is 1. The highest BCUT2D eigenvalue weighted by Gasteiger charge is 2.30. The van der Waals surface area contributed by atoms with Crippen molar-refractivity contribution in [2.24, 2.45) is 5.73 Å². The van der Waals surface area contributed by atoms with E-state index in [0.29, 0.717) is 12.6 Å². The molecule has 1 aromatic rings. The summed E-state index contributed by atoms with van der Waals surface area (Å²) in [5.74, 6) is 0.128. The molecule has 2 aliphatic rings. The molecule has 0 spiro atoms. The van der Waals surface area contributed by atoms with Crippen LogP contribution in [0.5, 0.6) is 0 Å². The third kappa shape index (κ3) is 2.34. The van der Waals surface area contributed by atoms with Crippen LogP contribution in [-0.2, 0) is 0 Å². The second-order valence-corrected chi connectivity index (χ2v) is 6.25. The van der Waals surface area contributed by atoms with Gasteiger partial charge in [-0.2, -0.15) is 0 Å². The van der Waals surface area contributed by atoms with Crippen molar-refractivity contribution in [1.82, 2.24) is 9.47 Å². The highest BCUT2D eigenvalue weighted by molar-refractivity contribution is 9.10. The van der Waals surface area contributed by atoms with Gasteiger partial charge in [0.25, 0.3) is 5.91 Å². The van der Waals surface area contributed by atoms with E-state index in [1.54, 1.807) is 0 Å². The van der Waals surface area contributed by atoms with Gasteiger partial charge >= 0.3 is 0 Å². The number of piperidine rings is 1. The van der Waals surface area contributed by atoms with Crippen LogP contribution in [0.2, 0.25) is 0 Å². The minimum atomic E-state index is 0.128. The Balaban J connectivity index is 1.82. The Hall–Kier alpha value is -0.810. The van der Waals surface area contributed by atoms with E-state index in [4.69, 9.17) is 5.73 Å². The minimum absolute atomic E-state index is 0.128. The zero-order chi connectivity index (χ0) is 12.7. The van der Waals surface area contributed by atoms with Crippen LogP contribution in [0.1, 0.15) is 42.2 Å². The average Bonchev–Trinajstić information content (AvgIpc) is 3.12. The number of nitrogens with zero attached hydrogens (tertiary/aromatic N) is 2. The first-order valence-corrected chi connectivity index (χ1v) is 7.36. The van der Waals surface area contributed by atoms with Gasteiger partial charge in [-0.3, -0.25) is 4.79 Å². The number of carbonyl (C=O) groups excluding carboxylic acids is 1. The molecule has 2 heterocycles. The highest BCUT2D eigenvalue weighted by atomic mass is 79.9. The molecule has 18 heavy (non-hydrogen) atoms. The summed E-state index contributed by atoms with van der Waals surface area (Å²) in [6.45, 7) is 1.52. The Kier molecular flexibility index (Phi) is 3.20. The molecule has 1 atom stereocenters. The molecular formula is C13H18BrN3O. The van der Waals surface area contributed by atoms with E-state index in [2.05, 4.69) is 20.5 Å². The lowest BCUT2D eigenvalue weighted by atomic mass is 10.1. The Morgan fingerprint density at radius 1 is 1.39 bits per heavy atom. The fourth-order valence-electron chi connectivity index (χ4n) is 2.63. The zero-order valence-electron chi connectivity index (χ0n) is 10.3. The van der Waals surface area contributed by atoms with Crippen molar-refractivity contribution in [3.8, 4) is 0 Å². The van der Waals surface area contributed by atoms with Crippen LogP contribution >= 0.6 is 15.9 Å². The molecule has 98 valence electrons. The number of hydrogen-bond acceptors (Lipinski definition) is 2. The molecule has 2 N–H and O–H groups in total. The molecule has 5 heteroatoms. The van der Waals surface area contributed by atoms with E-state index in [1.165, 1.54) is 12.8 Å². The summed E-state index contributed by atoms with van der Waals surface area (Å²) in [7, 11) is 0. The van der Waals surface area contributed by atoms with Gasteiger partial charge in [0, 0.05) is 35.8 Å². The van der Waals surface area contributed by atoms with Gasteiger partial charge in [0.05, 0.1) is 0 Å². The maximum atomic E-state index is 12.5. The third-order valence-electron chi connectivity index (χ3n) is 3.72. The van der Waals surface area contributed by atoms with Gasteiger partial charge in [-0.05, 0) is 47.7 Å². The van der Waals surface area contributed by atoms with E-state index in [0.717, 1.165) is 29.6 Å². The van der Waals surface area contributed by atoms with E-state index in [-0.39, 0.29) is 11.9 Å². The topological polar surface area (TPSA) is 51.3 Å². The van der Waals surface area contributed by atoms with Gasteiger partial charge in [-0.1, -0.05) is 0 Å². The maximum absolute atomic E-state index is 12.5. The number of halogens is 1. The minimum Gasteiger partial charge on any atom is -0.339 e. The lowest BCUT2D eigenvalue weighted by molar-refractivity contribution is 0.0697. The quantitative estimate of drug-likeness (QED) is 0.910. The van der Waals surface area contributed by atoms with Gasteiger partial charge in [0.1, 0.15) is 5.69 Å². The molecule has 1 aromatic heterocycles. The van der Waals surface area contributed by atoms with Crippen LogP contribution in [0.15, 0.2) is 16.7 Å². The Morgan fingerprint density at radius 3 is 2.83 bits per heavy atom. The van der Waals surface area contributed by atoms with Crippen molar-refractivity contribution >= 4 is 21.8 Å². The molecule has 1 saturated heterocycles. The molecule has 1 aliphatic heterocycles. The van der Waals surface area contributed by atoms with E-state index >= 15 is 0 Å². The molecule has 1 saturated carbocycles. The molecule has 0 bridgehead atoms. The predicted octanol–water partition coefficient (Wildman–Crippen LogP) is 2.15. The molecule has 1 aliphatic carbocycles. The largest absolute Gasteiger partial charge is 0.339 e. The van der Waals surface area contributed by atoms with Gasteiger partial charge in [0.2, 0.25) is 0 Å². The monoisotopic (exact) mass is 311 g/mol. The second kappa shape index (κ2) is 4.70. The van der Waals surface area contributed by atoms with Crippen LogP contribution in [0, 0.1) is 0 Å². The zero-order valence-corrected chi connectivity index (χ0v) is 11.9. The third-order valence-corrected chi connectivity index (χ3v) is 4.15. The van der Waals surface area contributed by atoms with E-state index in [1.807, 2.05) is 17.2 Å². The molecule has 1 amide bonds. The van der Waals surface area contributed by atoms with Crippen molar-refractivity contribution in [2.45, 2.75) is 37.8 Å². The van der Waals surface area contributed by atoms with Crippen molar-refractivity contribution < 1.29 is 4.79 Å². The summed E-state index contributed by atoms with van der Waals surface area (Å²) in [5, 5.41) is 0. The van der Waals surface area contributed by atoms with Gasteiger partial charge in [-0.25, -0.2) is 0 Å². The van der Waals surface area contributed by atoms with Crippen molar-refractivity contribution in [1.29, 1.82) is 0 Å². The fraction of sp³-hybridized carbons (Fsp3) is 0.615.